The van der Waals surface area contributed by atoms with Gasteiger partial charge in [-0.15, -0.1) is 0 Å². The summed E-state index contributed by atoms with van der Waals surface area (Å²) in [6, 6.07) is 6.48. The molecule has 0 bridgehead atoms. The number of amides is 1. The molecule has 2 rings (SSSR count). The zero-order valence-corrected chi connectivity index (χ0v) is 14.4. The van der Waals surface area contributed by atoms with E-state index in [4.69, 9.17) is 9.47 Å². The average molecular weight is 333 g/mol. The fourth-order valence-electron chi connectivity index (χ4n) is 2.64. The maximum absolute atomic E-state index is 12.1. The van der Waals surface area contributed by atoms with E-state index < -0.39 is 6.04 Å². The van der Waals surface area contributed by atoms with Crippen molar-refractivity contribution in [3.8, 4) is 5.75 Å². The Morgan fingerprint density at radius 3 is 2.54 bits per heavy atom. The number of carbonyl (C=O) groups is 2. The van der Waals surface area contributed by atoms with Gasteiger partial charge in [-0.2, -0.15) is 0 Å². The number of hydrogen-bond acceptors (Lipinski definition) is 4. The van der Waals surface area contributed by atoms with E-state index in [1.807, 2.05) is 0 Å². The topological polar surface area (TPSA) is 64.6 Å². The highest BCUT2D eigenvalue weighted by Gasteiger charge is 2.28. The summed E-state index contributed by atoms with van der Waals surface area (Å²) in [6.45, 7) is 3.28. The molecule has 1 aliphatic heterocycles. The number of hydrogen-bond donors (Lipinski definition) is 1. The second kappa shape index (κ2) is 9.96. The van der Waals surface area contributed by atoms with Gasteiger partial charge in [0.2, 0.25) is 0 Å². The van der Waals surface area contributed by atoms with Crippen molar-refractivity contribution in [1.29, 1.82) is 0 Å². The minimum Gasteiger partial charge on any atom is -0.494 e. The first kappa shape index (κ1) is 18.3. The third-order valence-corrected chi connectivity index (χ3v) is 4.12. The van der Waals surface area contributed by atoms with Crippen molar-refractivity contribution in [2.45, 2.75) is 57.9 Å². The lowest BCUT2D eigenvalue weighted by atomic mass is 10.1. The van der Waals surface area contributed by atoms with Crippen LogP contribution in [-0.2, 0) is 9.53 Å². The Balaban J connectivity index is 1.68. The molecule has 0 radical (unpaired) electrons. The summed E-state index contributed by atoms with van der Waals surface area (Å²) >= 11 is 0. The molecule has 0 aliphatic carbocycles. The summed E-state index contributed by atoms with van der Waals surface area (Å²) in [5.74, 6) is 0.143. The molecular formula is C19H27NO4. The zero-order valence-electron chi connectivity index (χ0n) is 14.4. The van der Waals surface area contributed by atoms with Crippen molar-refractivity contribution >= 4 is 11.9 Å². The predicted octanol–water partition coefficient (Wildman–Crippen LogP) is 3.47. The number of benzene rings is 1. The quantitative estimate of drug-likeness (QED) is 0.526. The molecule has 1 saturated heterocycles. The molecule has 24 heavy (non-hydrogen) atoms. The summed E-state index contributed by atoms with van der Waals surface area (Å²) in [5, 5.41) is 2.69. The van der Waals surface area contributed by atoms with Crippen LogP contribution in [0.5, 0.6) is 5.75 Å². The Bertz CT molecular complexity index is 527. The van der Waals surface area contributed by atoms with Crippen molar-refractivity contribution in [3.05, 3.63) is 29.8 Å². The Morgan fingerprint density at radius 2 is 1.88 bits per heavy atom. The molecule has 1 N–H and O–H groups in total. The maximum atomic E-state index is 12.1. The van der Waals surface area contributed by atoms with Crippen molar-refractivity contribution in [1.82, 2.24) is 5.32 Å². The van der Waals surface area contributed by atoms with Crippen LogP contribution in [0.4, 0.5) is 0 Å². The Hall–Kier alpha value is -2.04. The van der Waals surface area contributed by atoms with Gasteiger partial charge in [-0.3, -0.25) is 4.79 Å². The molecule has 1 amide bonds. The number of cyclic esters (lactones) is 1. The molecule has 0 aromatic heterocycles. The molecule has 1 heterocycles. The normalized spacial score (nSPS) is 16.7. The average Bonchev–Trinajstić information content (AvgIpc) is 2.99. The fourth-order valence-corrected chi connectivity index (χ4v) is 2.64. The van der Waals surface area contributed by atoms with E-state index in [-0.39, 0.29) is 11.9 Å². The number of ether oxygens (including phenoxy) is 2. The van der Waals surface area contributed by atoms with Crippen LogP contribution in [0, 0.1) is 0 Å². The molecule has 1 aliphatic rings. The fraction of sp³-hybridized carbons (Fsp3) is 0.579. The van der Waals surface area contributed by atoms with Crippen LogP contribution in [0.25, 0.3) is 0 Å². The van der Waals surface area contributed by atoms with Crippen molar-refractivity contribution in [2.24, 2.45) is 0 Å². The van der Waals surface area contributed by atoms with Gasteiger partial charge >= 0.3 is 5.97 Å². The SMILES string of the molecule is CCCCCCCCOc1ccc(C(=O)NC2CCOC2=O)cc1. The predicted molar refractivity (Wildman–Crippen MR) is 92.1 cm³/mol. The van der Waals surface area contributed by atoms with Gasteiger partial charge in [0.25, 0.3) is 5.91 Å². The molecule has 5 heteroatoms. The first-order valence-corrected chi connectivity index (χ1v) is 8.91. The molecule has 1 aromatic rings. The third kappa shape index (κ3) is 5.87. The Kier molecular flexibility index (Phi) is 7.59. The zero-order chi connectivity index (χ0) is 17.2. The van der Waals surface area contributed by atoms with E-state index in [1.54, 1.807) is 24.3 Å². The van der Waals surface area contributed by atoms with Gasteiger partial charge in [0.1, 0.15) is 11.8 Å². The second-order valence-corrected chi connectivity index (χ2v) is 6.12. The van der Waals surface area contributed by atoms with Crippen LogP contribution in [-0.4, -0.2) is 31.1 Å². The van der Waals surface area contributed by atoms with Gasteiger partial charge in [0.05, 0.1) is 13.2 Å². The second-order valence-electron chi connectivity index (χ2n) is 6.12. The van der Waals surface area contributed by atoms with Gasteiger partial charge in [-0.1, -0.05) is 39.0 Å². The highest BCUT2D eigenvalue weighted by molar-refractivity contribution is 5.97. The molecule has 132 valence electrons. The molecule has 1 unspecified atom stereocenters. The van der Waals surface area contributed by atoms with E-state index in [0.29, 0.717) is 25.2 Å². The monoisotopic (exact) mass is 333 g/mol. The molecule has 0 spiro atoms. The molecule has 0 saturated carbocycles. The van der Waals surface area contributed by atoms with E-state index in [9.17, 15) is 9.59 Å². The van der Waals surface area contributed by atoms with E-state index >= 15 is 0 Å². The maximum Gasteiger partial charge on any atom is 0.328 e. The van der Waals surface area contributed by atoms with Crippen LogP contribution in [0.15, 0.2) is 24.3 Å². The van der Waals surface area contributed by atoms with Gasteiger partial charge in [-0.05, 0) is 30.7 Å². The summed E-state index contributed by atoms with van der Waals surface area (Å²) in [6.07, 6.45) is 7.91. The Morgan fingerprint density at radius 1 is 1.17 bits per heavy atom. The summed E-state index contributed by atoms with van der Waals surface area (Å²) in [7, 11) is 0. The Labute approximate surface area is 143 Å². The van der Waals surface area contributed by atoms with Crippen LogP contribution in [0.1, 0.15) is 62.2 Å². The molecule has 1 atom stereocenters. The van der Waals surface area contributed by atoms with Gasteiger partial charge in [-0.25, -0.2) is 4.79 Å². The van der Waals surface area contributed by atoms with E-state index in [0.717, 1.165) is 12.2 Å². The van der Waals surface area contributed by atoms with Gasteiger partial charge < -0.3 is 14.8 Å². The smallest absolute Gasteiger partial charge is 0.328 e. The summed E-state index contributed by atoms with van der Waals surface area (Å²) in [4.78, 5) is 23.5. The van der Waals surface area contributed by atoms with Crippen molar-refractivity contribution < 1.29 is 19.1 Å². The van der Waals surface area contributed by atoms with E-state index in [1.165, 1.54) is 32.1 Å². The first-order chi connectivity index (χ1) is 11.7. The standard InChI is InChI=1S/C19H27NO4/c1-2-3-4-5-6-7-13-23-16-10-8-15(9-11-16)18(21)20-17-12-14-24-19(17)22/h8-11,17H,2-7,12-14H2,1H3,(H,20,21). The lowest BCUT2D eigenvalue weighted by molar-refractivity contribution is -0.139. The largest absolute Gasteiger partial charge is 0.494 e. The number of esters is 1. The number of unbranched alkanes of at least 4 members (excludes halogenated alkanes) is 5. The number of nitrogens with one attached hydrogen (secondary N) is 1. The van der Waals surface area contributed by atoms with Crippen molar-refractivity contribution in [2.75, 3.05) is 13.2 Å². The lowest BCUT2D eigenvalue weighted by Crippen LogP contribution is -2.37. The highest BCUT2D eigenvalue weighted by Crippen LogP contribution is 2.14. The molecule has 1 fully saturated rings. The van der Waals surface area contributed by atoms with Gasteiger partial charge in [0.15, 0.2) is 0 Å². The minimum absolute atomic E-state index is 0.263. The lowest BCUT2D eigenvalue weighted by Gasteiger charge is -2.10. The number of rotatable bonds is 10. The van der Waals surface area contributed by atoms with E-state index in [2.05, 4.69) is 12.2 Å². The summed E-state index contributed by atoms with van der Waals surface area (Å²) < 4.78 is 10.5. The van der Waals surface area contributed by atoms with Crippen LogP contribution in [0.2, 0.25) is 0 Å². The molecule has 1 aromatic carbocycles. The summed E-state index contributed by atoms with van der Waals surface area (Å²) in [5.41, 5.74) is 0.515. The minimum atomic E-state index is -0.527. The van der Waals surface area contributed by atoms with Crippen molar-refractivity contribution in [3.63, 3.8) is 0 Å². The van der Waals surface area contributed by atoms with Crippen LogP contribution >= 0.6 is 0 Å². The molecule has 5 nitrogen and oxygen atoms in total. The highest BCUT2D eigenvalue weighted by atomic mass is 16.5. The van der Waals surface area contributed by atoms with Crippen LogP contribution < -0.4 is 10.1 Å². The van der Waals surface area contributed by atoms with Crippen LogP contribution in [0.3, 0.4) is 0 Å². The van der Waals surface area contributed by atoms with Gasteiger partial charge in [0, 0.05) is 12.0 Å². The molecular weight excluding hydrogens is 306 g/mol. The third-order valence-electron chi connectivity index (χ3n) is 4.12. The first-order valence-electron chi connectivity index (χ1n) is 8.91. The number of carbonyl (C=O) groups excluding carboxylic acids is 2.